The molecule has 5 nitrogen and oxygen atoms in total. The van der Waals surface area contributed by atoms with Crippen LogP contribution in [-0.2, 0) is 4.79 Å². The predicted octanol–water partition coefficient (Wildman–Crippen LogP) is 4.64. The van der Waals surface area contributed by atoms with Gasteiger partial charge in [0.05, 0.1) is 21.2 Å². The van der Waals surface area contributed by atoms with E-state index in [0.717, 1.165) is 16.8 Å². The van der Waals surface area contributed by atoms with Crippen molar-refractivity contribution < 1.29 is 15.0 Å². The fourth-order valence-corrected chi connectivity index (χ4v) is 3.76. The zero-order chi connectivity index (χ0) is 18.8. The quantitative estimate of drug-likeness (QED) is 0.426. The van der Waals surface area contributed by atoms with Gasteiger partial charge in [-0.3, -0.25) is 4.79 Å². The Hall–Kier alpha value is -2.06. The van der Waals surface area contributed by atoms with E-state index in [0.29, 0.717) is 26.1 Å². The summed E-state index contributed by atoms with van der Waals surface area (Å²) in [7, 11) is 0. The Balaban J connectivity index is 1.87. The number of thiocarbonyl (C=S) groups is 1. The van der Waals surface area contributed by atoms with E-state index in [2.05, 4.69) is 5.10 Å². The van der Waals surface area contributed by atoms with E-state index in [1.54, 1.807) is 18.2 Å². The fraction of sp³-hybridized carbons (Fsp3) is 0. The Morgan fingerprint density at radius 1 is 1.15 bits per heavy atom. The molecule has 0 aliphatic carbocycles. The Labute approximate surface area is 168 Å². The number of benzene rings is 2. The van der Waals surface area contributed by atoms with Gasteiger partial charge in [0.1, 0.15) is 11.5 Å². The van der Waals surface area contributed by atoms with Crippen molar-refractivity contribution in [1.29, 1.82) is 0 Å². The highest BCUT2D eigenvalue weighted by Crippen LogP contribution is 2.35. The molecule has 132 valence electrons. The summed E-state index contributed by atoms with van der Waals surface area (Å²) in [5.41, 5.74) is 0.853. The van der Waals surface area contributed by atoms with Crippen LogP contribution in [0, 0.1) is 0 Å². The van der Waals surface area contributed by atoms with Crippen LogP contribution in [0.25, 0.3) is 6.08 Å². The highest BCUT2D eigenvalue weighted by atomic mass is 35.5. The molecule has 2 aromatic rings. The fourth-order valence-electron chi connectivity index (χ4n) is 2.10. The van der Waals surface area contributed by atoms with Crippen LogP contribution < -0.4 is 0 Å². The molecular formula is C17H10Cl2N2O3S2. The smallest absolute Gasteiger partial charge is 0.286 e. The van der Waals surface area contributed by atoms with Crippen molar-refractivity contribution in [3.8, 4) is 11.5 Å². The minimum atomic E-state index is -0.438. The van der Waals surface area contributed by atoms with Crippen molar-refractivity contribution in [2.24, 2.45) is 5.10 Å². The summed E-state index contributed by atoms with van der Waals surface area (Å²) in [6, 6.07) is 9.10. The first-order chi connectivity index (χ1) is 12.4. The molecule has 1 saturated heterocycles. The Kier molecular flexibility index (Phi) is 5.52. The Morgan fingerprint density at radius 2 is 1.85 bits per heavy atom. The lowest BCUT2D eigenvalue weighted by Gasteiger charge is -2.07. The summed E-state index contributed by atoms with van der Waals surface area (Å²) in [4.78, 5) is 12.8. The molecule has 2 N–H and O–H groups in total. The first-order valence-corrected chi connectivity index (χ1v) is 9.13. The molecule has 26 heavy (non-hydrogen) atoms. The molecule has 0 radical (unpaired) electrons. The maximum Gasteiger partial charge on any atom is 0.286 e. The molecule has 1 heterocycles. The minimum Gasteiger partial charge on any atom is -0.508 e. The van der Waals surface area contributed by atoms with Gasteiger partial charge in [-0.1, -0.05) is 41.0 Å². The summed E-state index contributed by atoms with van der Waals surface area (Å²) < 4.78 is 0.235. The van der Waals surface area contributed by atoms with Crippen molar-refractivity contribution in [2.75, 3.05) is 0 Å². The number of carbonyl (C=O) groups excluding carboxylic acids is 1. The lowest BCUT2D eigenvalue weighted by atomic mass is 10.1. The number of carbonyl (C=O) groups is 1. The molecule has 1 aliphatic heterocycles. The normalized spacial score (nSPS) is 16.2. The van der Waals surface area contributed by atoms with Gasteiger partial charge in [-0.05, 0) is 42.6 Å². The molecule has 1 fully saturated rings. The average Bonchev–Trinajstić information content (AvgIpc) is 2.84. The zero-order valence-corrected chi connectivity index (χ0v) is 16.0. The third-order valence-electron chi connectivity index (χ3n) is 3.38. The topological polar surface area (TPSA) is 73.1 Å². The Morgan fingerprint density at radius 3 is 2.50 bits per heavy atom. The van der Waals surface area contributed by atoms with E-state index in [9.17, 15) is 15.0 Å². The number of phenolic OH excluding ortho intramolecular Hbond substituents is 2. The monoisotopic (exact) mass is 424 g/mol. The maximum atomic E-state index is 12.5. The zero-order valence-electron chi connectivity index (χ0n) is 12.9. The number of hydrogen-bond acceptors (Lipinski definition) is 6. The molecule has 2 aromatic carbocycles. The minimum absolute atomic E-state index is 0.0755. The van der Waals surface area contributed by atoms with Gasteiger partial charge in [0, 0.05) is 17.2 Å². The van der Waals surface area contributed by atoms with Crippen molar-refractivity contribution in [3.63, 3.8) is 0 Å². The second-order valence-electron chi connectivity index (χ2n) is 5.12. The van der Waals surface area contributed by atoms with Crippen LogP contribution in [0.5, 0.6) is 11.5 Å². The van der Waals surface area contributed by atoms with E-state index in [4.69, 9.17) is 35.4 Å². The van der Waals surface area contributed by atoms with Crippen molar-refractivity contribution >= 4 is 69.7 Å². The largest absolute Gasteiger partial charge is 0.508 e. The molecular weight excluding hydrogens is 415 g/mol. The van der Waals surface area contributed by atoms with Gasteiger partial charge in [0.15, 0.2) is 4.32 Å². The van der Waals surface area contributed by atoms with Crippen LogP contribution >= 0.6 is 47.2 Å². The molecule has 1 amide bonds. The summed E-state index contributed by atoms with van der Waals surface area (Å²) in [5.74, 6) is -0.665. The first-order valence-electron chi connectivity index (χ1n) is 7.15. The standard InChI is InChI=1S/C17H10Cl2N2O3S2/c18-12-2-1-3-13(19)11(12)8-20-21-16(24)15(26-17(21)25)6-9-4-5-10(22)7-14(9)23/h1-8,22-23H/b15-6+,20-8+. The van der Waals surface area contributed by atoms with Gasteiger partial charge in [-0.2, -0.15) is 10.1 Å². The SMILES string of the molecule is O=C1/C(=C\c2ccc(O)cc2O)SC(=S)N1/N=C/c1c(Cl)cccc1Cl. The second-order valence-corrected chi connectivity index (χ2v) is 7.61. The number of amides is 1. The van der Waals surface area contributed by atoms with Crippen molar-refractivity contribution in [2.45, 2.75) is 0 Å². The lowest BCUT2D eigenvalue weighted by Crippen LogP contribution is -2.22. The van der Waals surface area contributed by atoms with Crippen molar-refractivity contribution in [3.05, 3.63) is 62.5 Å². The summed E-state index contributed by atoms with van der Waals surface area (Å²) in [6.07, 6.45) is 2.85. The lowest BCUT2D eigenvalue weighted by molar-refractivity contribution is -0.122. The summed E-state index contributed by atoms with van der Waals surface area (Å²) in [5, 5.41) is 25.1. The average molecular weight is 425 g/mol. The van der Waals surface area contributed by atoms with Gasteiger partial charge >= 0.3 is 0 Å². The third kappa shape index (κ3) is 3.86. The van der Waals surface area contributed by atoms with Crippen LogP contribution in [0.1, 0.15) is 11.1 Å². The van der Waals surface area contributed by atoms with Crippen LogP contribution in [0.2, 0.25) is 10.0 Å². The van der Waals surface area contributed by atoms with Gasteiger partial charge < -0.3 is 10.2 Å². The number of hydrazone groups is 1. The number of thioether (sulfide) groups is 1. The van der Waals surface area contributed by atoms with E-state index in [1.165, 1.54) is 30.5 Å². The number of rotatable bonds is 3. The van der Waals surface area contributed by atoms with Gasteiger partial charge in [0.2, 0.25) is 0 Å². The molecule has 0 spiro atoms. The number of phenols is 2. The highest BCUT2D eigenvalue weighted by Gasteiger charge is 2.32. The molecule has 0 bridgehead atoms. The number of aromatic hydroxyl groups is 2. The predicted molar refractivity (Wildman–Crippen MR) is 109 cm³/mol. The number of hydrogen-bond donors (Lipinski definition) is 2. The van der Waals surface area contributed by atoms with Gasteiger partial charge in [0.25, 0.3) is 5.91 Å². The summed E-state index contributed by atoms with van der Waals surface area (Å²) >= 11 is 18.4. The molecule has 9 heteroatoms. The van der Waals surface area contributed by atoms with E-state index >= 15 is 0 Å². The Bertz CT molecular complexity index is 956. The van der Waals surface area contributed by atoms with Crippen LogP contribution in [0.15, 0.2) is 46.4 Å². The molecule has 0 aromatic heterocycles. The molecule has 3 rings (SSSR count). The van der Waals surface area contributed by atoms with E-state index < -0.39 is 5.91 Å². The van der Waals surface area contributed by atoms with Crippen LogP contribution in [-0.4, -0.2) is 31.7 Å². The van der Waals surface area contributed by atoms with Gasteiger partial charge in [-0.25, -0.2) is 0 Å². The second kappa shape index (κ2) is 7.67. The molecule has 1 aliphatic rings. The van der Waals surface area contributed by atoms with Crippen molar-refractivity contribution in [1.82, 2.24) is 5.01 Å². The molecule has 0 unspecified atom stereocenters. The molecule has 0 saturated carbocycles. The molecule has 0 atom stereocenters. The van der Waals surface area contributed by atoms with Crippen LogP contribution in [0.3, 0.4) is 0 Å². The van der Waals surface area contributed by atoms with E-state index in [-0.39, 0.29) is 15.8 Å². The first kappa shape index (κ1) is 18.7. The van der Waals surface area contributed by atoms with E-state index in [1.807, 2.05) is 0 Å². The third-order valence-corrected chi connectivity index (χ3v) is 5.32. The van der Waals surface area contributed by atoms with Crippen LogP contribution in [0.4, 0.5) is 0 Å². The van der Waals surface area contributed by atoms with Gasteiger partial charge in [-0.15, -0.1) is 0 Å². The maximum absolute atomic E-state index is 12.5. The number of halogens is 2. The highest BCUT2D eigenvalue weighted by molar-refractivity contribution is 8.26. The number of nitrogens with zero attached hydrogens (tertiary/aromatic N) is 2. The summed E-state index contributed by atoms with van der Waals surface area (Å²) in [6.45, 7) is 0.